The second-order valence-electron chi connectivity index (χ2n) is 6.53. The Morgan fingerprint density at radius 3 is 2.69 bits per heavy atom. The monoisotopic (exact) mass is 408 g/mol. The van der Waals surface area contributed by atoms with Crippen LogP contribution in [0.15, 0.2) is 36.7 Å². The smallest absolute Gasteiger partial charge is 0.387 e. The highest BCUT2D eigenvalue weighted by molar-refractivity contribution is 5.80. The molecule has 1 atom stereocenters. The van der Waals surface area contributed by atoms with Crippen molar-refractivity contribution in [2.24, 2.45) is 0 Å². The van der Waals surface area contributed by atoms with E-state index < -0.39 is 18.2 Å². The molecule has 0 spiro atoms. The first kappa shape index (κ1) is 20.6. The summed E-state index contributed by atoms with van der Waals surface area (Å²) in [5, 5.41) is 4.33. The molecule has 0 aliphatic heterocycles. The molecule has 0 aliphatic carbocycles. The van der Waals surface area contributed by atoms with Crippen LogP contribution in [0.4, 0.5) is 13.2 Å². The van der Waals surface area contributed by atoms with Crippen LogP contribution in [0.1, 0.15) is 0 Å². The van der Waals surface area contributed by atoms with Crippen molar-refractivity contribution in [3.05, 3.63) is 42.5 Å². The van der Waals surface area contributed by atoms with Crippen molar-refractivity contribution in [2.45, 2.75) is 19.2 Å². The summed E-state index contributed by atoms with van der Waals surface area (Å²) in [4.78, 5) is 16.8. The molecule has 0 fully saturated rings. The Kier molecular flexibility index (Phi) is 6.32. The second-order valence-corrected chi connectivity index (χ2v) is 6.53. The van der Waals surface area contributed by atoms with Crippen molar-refractivity contribution in [3.63, 3.8) is 0 Å². The number of halogens is 3. The standard InChI is InChI=1S/C19H19F3N4O3/c1-25(2)14(10-28-11-27)9-26-17-5-13(7-23-16(17)8-24-26)12-3-4-15(20)18(6-12)29-19(21)22/h3-8,11,14,19H,9-10H2,1-2H3. The maximum Gasteiger partial charge on any atom is 0.387 e. The third kappa shape index (κ3) is 4.83. The number of pyridine rings is 1. The lowest BCUT2D eigenvalue weighted by Crippen LogP contribution is -2.36. The molecule has 0 amide bonds. The quantitative estimate of drug-likeness (QED) is 0.507. The lowest BCUT2D eigenvalue weighted by atomic mass is 10.1. The molecule has 1 unspecified atom stereocenters. The van der Waals surface area contributed by atoms with Gasteiger partial charge in [-0.2, -0.15) is 13.9 Å². The molecule has 154 valence electrons. The van der Waals surface area contributed by atoms with E-state index in [4.69, 9.17) is 4.74 Å². The minimum atomic E-state index is -3.13. The van der Waals surface area contributed by atoms with Gasteiger partial charge in [-0.1, -0.05) is 6.07 Å². The Bertz CT molecular complexity index is 994. The van der Waals surface area contributed by atoms with E-state index in [9.17, 15) is 18.0 Å². The lowest BCUT2D eigenvalue weighted by molar-refractivity contribution is -0.130. The van der Waals surface area contributed by atoms with Gasteiger partial charge in [0.15, 0.2) is 11.6 Å². The SMILES string of the molecule is CN(C)C(COC=O)Cn1ncc2ncc(-c3ccc(F)c(OC(F)F)c3)cc21. The Morgan fingerprint density at radius 1 is 1.21 bits per heavy atom. The Balaban J connectivity index is 1.94. The third-order valence-corrected chi connectivity index (χ3v) is 4.45. The largest absolute Gasteiger partial charge is 0.466 e. The number of benzene rings is 1. The van der Waals surface area contributed by atoms with E-state index in [1.807, 2.05) is 19.0 Å². The molecule has 0 radical (unpaired) electrons. The van der Waals surface area contributed by atoms with E-state index >= 15 is 0 Å². The predicted molar refractivity (Wildman–Crippen MR) is 99.0 cm³/mol. The highest BCUT2D eigenvalue weighted by Gasteiger charge is 2.17. The number of likely N-dealkylation sites (N-methyl/N-ethyl adjacent to an activating group) is 1. The minimum Gasteiger partial charge on any atom is -0.466 e. The average molecular weight is 408 g/mol. The van der Waals surface area contributed by atoms with E-state index in [1.54, 1.807) is 23.1 Å². The molecule has 2 heterocycles. The van der Waals surface area contributed by atoms with Crippen LogP contribution in [0.2, 0.25) is 0 Å². The highest BCUT2D eigenvalue weighted by Crippen LogP contribution is 2.29. The first-order chi connectivity index (χ1) is 13.9. The summed E-state index contributed by atoms with van der Waals surface area (Å²) < 4.78 is 49.5. The van der Waals surface area contributed by atoms with Gasteiger partial charge in [0.25, 0.3) is 6.47 Å². The van der Waals surface area contributed by atoms with Crippen molar-refractivity contribution in [1.82, 2.24) is 19.7 Å². The van der Waals surface area contributed by atoms with Crippen molar-refractivity contribution in [2.75, 3.05) is 20.7 Å². The van der Waals surface area contributed by atoms with Crippen LogP contribution in [0.25, 0.3) is 22.2 Å². The van der Waals surface area contributed by atoms with Crippen LogP contribution in [-0.4, -0.2) is 59.5 Å². The van der Waals surface area contributed by atoms with Crippen molar-refractivity contribution in [1.29, 1.82) is 0 Å². The molecule has 0 bridgehead atoms. The van der Waals surface area contributed by atoms with Gasteiger partial charge in [0, 0.05) is 11.8 Å². The fourth-order valence-electron chi connectivity index (χ4n) is 2.84. The molecule has 10 heteroatoms. The molecule has 2 aromatic heterocycles. The summed E-state index contributed by atoms with van der Waals surface area (Å²) >= 11 is 0. The summed E-state index contributed by atoms with van der Waals surface area (Å²) in [6.07, 6.45) is 3.15. The van der Waals surface area contributed by atoms with Gasteiger partial charge in [-0.3, -0.25) is 14.5 Å². The zero-order valence-corrected chi connectivity index (χ0v) is 15.8. The molecule has 3 rings (SSSR count). The number of carbonyl (C=O) groups is 1. The number of hydrogen-bond donors (Lipinski definition) is 0. The van der Waals surface area contributed by atoms with Gasteiger partial charge in [-0.25, -0.2) is 4.39 Å². The van der Waals surface area contributed by atoms with Crippen LogP contribution in [0, 0.1) is 5.82 Å². The Morgan fingerprint density at radius 2 is 2.00 bits per heavy atom. The second kappa shape index (κ2) is 8.91. The summed E-state index contributed by atoms with van der Waals surface area (Å²) in [6.45, 7) is -2.11. The summed E-state index contributed by atoms with van der Waals surface area (Å²) in [5.74, 6) is -1.41. The molecule has 0 N–H and O–H groups in total. The van der Waals surface area contributed by atoms with Crippen molar-refractivity contribution < 1.29 is 27.4 Å². The number of rotatable bonds is 9. The number of aromatic nitrogens is 3. The number of fused-ring (bicyclic) bond motifs is 1. The van der Waals surface area contributed by atoms with Crippen LogP contribution in [0.3, 0.4) is 0 Å². The fraction of sp³-hybridized carbons (Fsp3) is 0.316. The van der Waals surface area contributed by atoms with Crippen LogP contribution in [-0.2, 0) is 16.1 Å². The Hall–Kier alpha value is -3.14. The highest BCUT2D eigenvalue weighted by atomic mass is 19.3. The van der Waals surface area contributed by atoms with E-state index in [-0.39, 0.29) is 12.6 Å². The average Bonchev–Trinajstić information content (AvgIpc) is 3.08. The zero-order valence-electron chi connectivity index (χ0n) is 15.8. The number of alkyl halides is 2. The van der Waals surface area contributed by atoms with Crippen LogP contribution < -0.4 is 4.74 Å². The normalized spacial score (nSPS) is 12.5. The van der Waals surface area contributed by atoms with Crippen molar-refractivity contribution in [3.8, 4) is 16.9 Å². The Labute approximate surface area is 164 Å². The summed E-state index contributed by atoms with van der Waals surface area (Å²) in [6, 6.07) is 5.38. The molecule has 3 aromatic rings. The predicted octanol–water partition coefficient (Wildman–Crippen LogP) is 2.94. The maximum absolute atomic E-state index is 13.7. The minimum absolute atomic E-state index is 0.121. The summed E-state index contributed by atoms with van der Waals surface area (Å²) in [7, 11) is 3.72. The number of nitrogens with zero attached hydrogens (tertiary/aromatic N) is 4. The molecule has 7 nitrogen and oxygen atoms in total. The maximum atomic E-state index is 13.7. The lowest BCUT2D eigenvalue weighted by Gasteiger charge is -2.23. The van der Waals surface area contributed by atoms with Crippen molar-refractivity contribution >= 4 is 17.5 Å². The first-order valence-electron chi connectivity index (χ1n) is 8.67. The number of carbonyl (C=O) groups excluding carboxylic acids is 1. The van der Waals surface area contributed by atoms with Gasteiger partial charge in [0.1, 0.15) is 12.1 Å². The first-order valence-corrected chi connectivity index (χ1v) is 8.67. The van der Waals surface area contributed by atoms with Crippen LogP contribution >= 0.6 is 0 Å². The van der Waals surface area contributed by atoms with Gasteiger partial charge in [-0.15, -0.1) is 0 Å². The molecule has 0 aliphatic rings. The van der Waals surface area contributed by atoms with Gasteiger partial charge >= 0.3 is 6.61 Å². The third-order valence-electron chi connectivity index (χ3n) is 4.45. The van der Waals surface area contributed by atoms with Gasteiger partial charge in [-0.05, 0) is 37.9 Å². The van der Waals surface area contributed by atoms with Crippen LogP contribution in [0.5, 0.6) is 5.75 Å². The van der Waals surface area contributed by atoms with E-state index in [0.717, 1.165) is 6.07 Å². The molecular formula is C19H19F3N4O3. The summed E-state index contributed by atoms with van der Waals surface area (Å²) in [5.41, 5.74) is 2.39. The molecule has 0 saturated carbocycles. The van der Waals surface area contributed by atoms with Gasteiger partial charge in [0.05, 0.1) is 24.3 Å². The molecule has 29 heavy (non-hydrogen) atoms. The molecule has 0 saturated heterocycles. The van der Waals surface area contributed by atoms with E-state index in [1.165, 1.54) is 12.1 Å². The number of ether oxygens (including phenoxy) is 2. The van der Waals surface area contributed by atoms with Gasteiger partial charge in [0.2, 0.25) is 0 Å². The van der Waals surface area contributed by atoms with E-state index in [2.05, 4.69) is 14.8 Å². The zero-order chi connectivity index (χ0) is 21.0. The van der Waals surface area contributed by atoms with Gasteiger partial charge < -0.3 is 14.4 Å². The van der Waals surface area contributed by atoms with E-state index in [0.29, 0.717) is 35.2 Å². The number of hydrogen-bond acceptors (Lipinski definition) is 6. The topological polar surface area (TPSA) is 69.5 Å². The fourth-order valence-corrected chi connectivity index (χ4v) is 2.84. The molecular weight excluding hydrogens is 389 g/mol. The molecule has 1 aromatic carbocycles.